The second-order valence-corrected chi connectivity index (χ2v) is 6.87. The van der Waals surface area contributed by atoms with Crippen molar-refractivity contribution >= 4 is 5.91 Å². The van der Waals surface area contributed by atoms with Crippen molar-refractivity contribution < 1.29 is 14.3 Å². The van der Waals surface area contributed by atoms with Crippen LogP contribution >= 0.6 is 0 Å². The summed E-state index contributed by atoms with van der Waals surface area (Å²) < 4.78 is 11.6. The van der Waals surface area contributed by atoms with Crippen LogP contribution in [-0.2, 0) is 4.79 Å². The number of aryl methyl sites for hydroxylation is 3. The number of rotatable bonds is 8. The predicted octanol–water partition coefficient (Wildman–Crippen LogP) is 4.35. The summed E-state index contributed by atoms with van der Waals surface area (Å²) in [4.78, 5) is 12.5. The molecule has 0 heterocycles. The van der Waals surface area contributed by atoms with E-state index in [9.17, 15) is 4.79 Å². The molecule has 0 aliphatic heterocycles. The predicted molar refractivity (Wildman–Crippen MR) is 105 cm³/mol. The molecule has 2 rings (SSSR count). The monoisotopic (exact) mass is 355 g/mol. The molecule has 0 bridgehead atoms. The normalized spacial score (nSPS) is 13.0. The molecule has 2 atom stereocenters. The van der Waals surface area contributed by atoms with Gasteiger partial charge in [-0.25, -0.2) is 0 Å². The highest BCUT2D eigenvalue weighted by atomic mass is 16.5. The average Bonchev–Trinajstić information content (AvgIpc) is 2.58. The lowest BCUT2D eigenvalue weighted by Gasteiger charge is -2.21. The van der Waals surface area contributed by atoms with Crippen LogP contribution in [0.4, 0.5) is 0 Å². The highest BCUT2D eigenvalue weighted by Gasteiger charge is 2.20. The van der Waals surface area contributed by atoms with Crippen molar-refractivity contribution in [3.8, 4) is 11.5 Å². The van der Waals surface area contributed by atoms with Crippen LogP contribution in [0.15, 0.2) is 42.5 Å². The SMILES string of the molecule is CC[C@H](Oc1cc(C)cc(C)c1)C(=O)N[C@H](C)COc1ccc(C)cc1. The first kappa shape index (κ1) is 19.8. The van der Waals surface area contributed by atoms with E-state index in [4.69, 9.17) is 9.47 Å². The molecular formula is C22H29NO3. The zero-order valence-electron chi connectivity index (χ0n) is 16.3. The lowest BCUT2D eigenvalue weighted by Crippen LogP contribution is -2.44. The van der Waals surface area contributed by atoms with E-state index in [1.807, 2.05) is 71.0 Å². The molecule has 2 aromatic rings. The van der Waals surface area contributed by atoms with E-state index in [2.05, 4.69) is 11.4 Å². The Bertz CT molecular complexity index is 704. The zero-order chi connectivity index (χ0) is 19.1. The number of hydrogen-bond acceptors (Lipinski definition) is 3. The van der Waals surface area contributed by atoms with Crippen molar-refractivity contribution in [2.24, 2.45) is 0 Å². The Kier molecular flexibility index (Phi) is 7.07. The van der Waals surface area contributed by atoms with Gasteiger partial charge in [-0.15, -0.1) is 0 Å². The van der Waals surface area contributed by atoms with E-state index in [1.54, 1.807) is 0 Å². The molecule has 0 aliphatic rings. The molecular weight excluding hydrogens is 326 g/mol. The van der Waals surface area contributed by atoms with Gasteiger partial charge in [0.1, 0.15) is 18.1 Å². The van der Waals surface area contributed by atoms with Gasteiger partial charge in [0.2, 0.25) is 0 Å². The summed E-state index contributed by atoms with van der Waals surface area (Å²) in [6, 6.07) is 13.7. The summed E-state index contributed by atoms with van der Waals surface area (Å²) in [6.45, 7) is 10.4. The number of hydrogen-bond donors (Lipinski definition) is 1. The lowest BCUT2D eigenvalue weighted by molar-refractivity contribution is -0.128. The van der Waals surface area contributed by atoms with Crippen molar-refractivity contribution in [1.29, 1.82) is 0 Å². The zero-order valence-corrected chi connectivity index (χ0v) is 16.3. The van der Waals surface area contributed by atoms with Gasteiger partial charge in [0.05, 0.1) is 6.04 Å². The quantitative estimate of drug-likeness (QED) is 0.766. The number of nitrogens with one attached hydrogen (secondary N) is 1. The maximum atomic E-state index is 12.5. The second kappa shape index (κ2) is 9.27. The first-order chi connectivity index (χ1) is 12.4. The fraction of sp³-hybridized carbons (Fsp3) is 0.409. The smallest absolute Gasteiger partial charge is 0.261 e. The number of amides is 1. The Balaban J connectivity index is 1.87. The number of benzene rings is 2. The number of ether oxygens (including phenoxy) is 2. The summed E-state index contributed by atoms with van der Waals surface area (Å²) in [7, 11) is 0. The molecule has 0 radical (unpaired) electrons. The molecule has 0 unspecified atom stereocenters. The Hall–Kier alpha value is -2.49. The summed E-state index contributed by atoms with van der Waals surface area (Å²) in [6.07, 6.45) is 0.0858. The summed E-state index contributed by atoms with van der Waals surface area (Å²) >= 11 is 0. The molecule has 0 saturated carbocycles. The minimum Gasteiger partial charge on any atom is -0.491 e. The largest absolute Gasteiger partial charge is 0.491 e. The van der Waals surface area contributed by atoms with E-state index in [0.29, 0.717) is 13.0 Å². The Morgan fingerprint density at radius 3 is 2.15 bits per heavy atom. The van der Waals surface area contributed by atoms with Gasteiger partial charge in [-0.2, -0.15) is 0 Å². The number of carbonyl (C=O) groups excluding carboxylic acids is 1. The molecule has 4 heteroatoms. The van der Waals surface area contributed by atoms with E-state index < -0.39 is 6.10 Å². The minimum atomic E-state index is -0.516. The first-order valence-electron chi connectivity index (χ1n) is 9.12. The lowest BCUT2D eigenvalue weighted by atomic mass is 10.1. The van der Waals surface area contributed by atoms with Crippen LogP contribution in [0.2, 0.25) is 0 Å². The van der Waals surface area contributed by atoms with Crippen molar-refractivity contribution in [2.75, 3.05) is 6.61 Å². The second-order valence-electron chi connectivity index (χ2n) is 6.87. The van der Waals surface area contributed by atoms with Crippen LogP contribution in [-0.4, -0.2) is 24.7 Å². The molecule has 0 spiro atoms. The van der Waals surface area contributed by atoms with Gasteiger partial charge in [-0.3, -0.25) is 4.79 Å². The fourth-order valence-corrected chi connectivity index (χ4v) is 2.72. The minimum absolute atomic E-state index is 0.110. The van der Waals surface area contributed by atoms with E-state index in [0.717, 1.165) is 22.6 Å². The van der Waals surface area contributed by atoms with Crippen molar-refractivity contribution in [3.05, 3.63) is 59.2 Å². The van der Waals surface area contributed by atoms with Gasteiger partial charge in [0, 0.05) is 0 Å². The van der Waals surface area contributed by atoms with E-state index in [1.165, 1.54) is 5.56 Å². The number of carbonyl (C=O) groups is 1. The van der Waals surface area contributed by atoms with Crippen LogP contribution in [0.1, 0.15) is 37.0 Å². The molecule has 0 fully saturated rings. The average molecular weight is 355 g/mol. The van der Waals surface area contributed by atoms with Crippen LogP contribution in [0.5, 0.6) is 11.5 Å². The molecule has 140 valence electrons. The third kappa shape index (κ3) is 6.10. The topological polar surface area (TPSA) is 47.6 Å². The highest BCUT2D eigenvalue weighted by Crippen LogP contribution is 2.18. The van der Waals surface area contributed by atoms with Gasteiger partial charge >= 0.3 is 0 Å². The Labute approximate surface area is 156 Å². The van der Waals surface area contributed by atoms with Gasteiger partial charge < -0.3 is 14.8 Å². The van der Waals surface area contributed by atoms with Gasteiger partial charge in [0.25, 0.3) is 5.91 Å². The van der Waals surface area contributed by atoms with Crippen molar-refractivity contribution in [2.45, 2.75) is 53.2 Å². The first-order valence-corrected chi connectivity index (χ1v) is 9.12. The van der Waals surface area contributed by atoms with Gasteiger partial charge in [-0.1, -0.05) is 30.7 Å². The van der Waals surface area contributed by atoms with Crippen LogP contribution in [0.25, 0.3) is 0 Å². The molecule has 0 saturated heterocycles. The molecule has 26 heavy (non-hydrogen) atoms. The fourth-order valence-electron chi connectivity index (χ4n) is 2.72. The third-order valence-electron chi connectivity index (χ3n) is 4.05. The molecule has 0 aliphatic carbocycles. The van der Waals surface area contributed by atoms with Crippen LogP contribution in [0, 0.1) is 20.8 Å². The molecule has 0 aromatic heterocycles. The highest BCUT2D eigenvalue weighted by molar-refractivity contribution is 5.81. The van der Waals surface area contributed by atoms with Gasteiger partial charge in [0.15, 0.2) is 6.10 Å². The van der Waals surface area contributed by atoms with Crippen molar-refractivity contribution in [3.63, 3.8) is 0 Å². The van der Waals surface area contributed by atoms with Crippen LogP contribution in [0.3, 0.4) is 0 Å². The molecule has 1 N–H and O–H groups in total. The maximum Gasteiger partial charge on any atom is 0.261 e. The van der Waals surface area contributed by atoms with Crippen molar-refractivity contribution in [1.82, 2.24) is 5.32 Å². The van der Waals surface area contributed by atoms with Gasteiger partial charge in [-0.05, 0) is 69.5 Å². The Morgan fingerprint density at radius 1 is 0.962 bits per heavy atom. The van der Waals surface area contributed by atoms with Crippen LogP contribution < -0.4 is 14.8 Å². The summed E-state index contributed by atoms with van der Waals surface area (Å²) in [5.41, 5.74) is 3.43. The Morgan fingerprint density at radius 2 is 1.58 bits per heavy atom. The summed E-state index contributed by atoms with van der Waals surface area (Å²) in [5.74, 6) is 1.41. The third-order valence-corrected chi connectivity index (χ3v) is 4.05. The summed E-state index contributed by atoms with van der Waals surface area (Å²) in [5, 5.41) is 2.97. The van der Waals surface area contributed by atoms with E-state index >= 15 is 0 Å². The molecule has 2 aromatic carbocycles. The van der Waals surface area contributed by atoms with E-state index in [-0.39, 0.29) is 11.9 Å². The molecule has 1 amide bonds. The standard InChI is InChI=1S/C22H29NO3/c1-6-21(26-20-12-16(3)11-17(4)13-20)22(24)23-18(5)14-25-19-9-7-15(2)8-10-19/h7-13,18,21H,6,14H2,1-5H3,(H,23,24)/t18-,21+/m1/s1. The maximum absolute atomic E-state index is 12.5. The molecule has 4 nitrogen and oxygen atoms in total.